The molecule has 0 bridgehead atoms. The van der Waals surface area contributed by atoms with Gasteiger partial charge < -0.3 is 4.74 Å². The zero-order chi connectivity index (χ0) is 10.5. The molecule has 14 heavy (non-hydrogen) atoms. The number of rotatable bonds is 9. The van der Waals surface area contributed by atoms with Gasteiger partial charge in [-0.15, -0.1) is 0 Å². The van der Waals surface area contributed by atoms with Crippen LogP contribution in [0.1, 0.15) is 44.9 Å². The summed E-state index contributed by atoms with van der Waals surface area (Å²) in [6.45, 7) is 1.49. The maximum Gasteiger partial charge on any atom is 0.0622 e. The maximum atomic E-state index is 8.29. The van der Waals surface area contributed by atoms with Crippen LogP contribution in [-0.4, -0.2) is 13.2 Å². The van der Waals surface area contributed by atoms with Crippen LogP contribution >= 0.6 is 0 Å². The fourth-order valence-corrected chi connectivity index (χ4v) is 1.12. The van der Waals surface area contributed by atoms with Crippen molar-refractivity contribution >= 4 is 0 Å². The minimum atomic E-state index is 0.585. The molecule has 0 saturated heterocycles. The van der Waals surface area contributed by atoms with Crippen molar-refractivity contribution in [3.63, 3.8) is 0 Å². The predicted octanol–water partition coefficient (Wildman–Crippen LogP) is 2.78. The van der Waals surface area contributed by atoms with E-state index >= 15 is 0 Å². The number of hydrogen-bond acceptors (Lipinski definition) is 3. The standard InChI is InChI=1S/C11H18N2O/c12-8-4-2-1-3-6-10-14-11-7-5-9-13/h1-7,10-11H2. The van der Waals surface area contributed by atoms with Crippen LogP contribution in [0.2, 0.25) is 0 Å². The van der Waals surface area contributed by atoms with Gasteiger partial charge in [-0.3, -0.25) is 0 Å². The number of hydrogen-bond donors (Lipinski definition) is 0. The maximum absolute atomic E-state index is 8.29. The minimum Gasteiger partial charge on any atom is -0.381 e. The molecule has 3 heteroatoms. The summed E-state index contributed by atoms with van der Waals surface area (Å²) in [4.78, 5) is 0. The van der Waals surface area contributed by atoms with Gasteiger partial charge in [-0.25, -0.2) is 0 Å². The van der Waals surface area contributed by atoms with E-state index in [1.54, 1.807) is 0 Å². The first-order chi connectivity index (χ1) is 6.91. The van der Waals surface area contributed by atoms with Crippen molar-refractivity contribution in [2.24, 2.45) is 0 Å². The lowest BCUT2D eigenvalue weighted by Crippen LogP contribution is -1.96. The second-order valence-corrected chi connectivity index (χ2v) is 3.20. The summed E-state index contributed by atoms with van der Waals surface area (Å²) < 4.78 is 5.33. The fraction of sp³-hybridized carbons (Fsp3) is 0.818. The molecular formula is C11H18N2O. The molecule has 0 aromatic heterocycles. The van der Waals surface area contributed by atoms with E-state index in [0.29, 0.717) is 19.4 Å². The molecule has 78 valence electrons. The smallest absolute Gasteiger partial charge is 0.0622 e. The molecule has 0 aromatic carbocycles. The summed E-state index contributed by atoms with van der Waals surface area (Å²) in [6.07, 6.45) is 6.42. The first-order valence-electron chi connectivity index (χ1n) is 5.23. The molecule has 0 radical (unpaired) electrons. The molecule has 0 N–H and O–H groups in total. The second-order valence-electron chi connectivity index (χ2n) is 3.20. The van der Waals surface area contributed by atoms with Gasteiger partial charge in [-0.05, 0) is 19.3 Å². The summed E-state index contributed by atoms with van der Waals surface area (Å²) in [7, 11) is 0. The van der Waals surface area contributed by atoms with Crippen LogP contribution < -0.4 is 0 Å². The van der Waals surface area contributed by atoms with Gasteiger partial charge in [0, 0.05) is 26.1 Å². The highest BCUT2D eigenvalue weighted by Gasteiger charge is 1.91. The van der Waals surface area contributed by atoms with Crippen molar-refractivity contribution in [2.75, 3.05) is 13.2 Å². The van der Waals surface area contributed by atoms with Crippen molar-refractivity contribution in [1.29, 1.82) is 10.5 Å². The molecule has 0 rings (SSSR count). The van der Waals surface area contributed by atoms with Gasteiger partial charge in [0.1, 0.15) is 0 Å². The highest BCUT2D eigenvalue weighted by molar-refractivity contribution is 4.68. The molecule has 0 fully saturated rings. The van der Waals surface area contributed by atoms with E-state index in [1.165, 1.54) is 0 Å². The lowest BCUT2D eigenvalue weighted by Gasteiger charge is -2.01. The molecule has 0 unspecified atom stereocenters. The van der Waals surface area contributed by atoms with E-state index in [4.69, 9.17) is 15.3 Å². The molecule has 0 aliphatic carbocycles. The average Bonchev–Trinajstić information content (AvgIpc) is 2.21. The van der Waals surface area contributed by atoms with Gasteiger partial charge >= 0.3 is 0 Å². The summed E-state index contributed by atoms with van der Waals surface area (Å²) >= 11 is 0. The van der Waals surface area contributed by atoms with Crippen LogP contribution in [-0.2, 0) is 4.74 Å². The molecule has 0 aliphatic rings. The summed E-state index contributed by atoms with van der Waals surface area (Å²) in [6, 6.07) is 4.21. The Morgan fingerprint density at radius 1 is 0.714 bits per heavy atom. The zero-order valence-electron chi connectivity index (χ0n) is 8.67. The van der Waals surface area contributed by atoms with Crippen molar-refractivity contribution in [1.82, 2.24) is 0 Å². The third kappa shape index (κ3) is 10.9. The largest absolute Gasteiger partial charge is 0.381 e. The Labute approximate surface area is 86.3 Å². The van der Waals surface area contributed by atoms with E-state index in [9.17, 15) is 0 Å². The first-order valence-corrected chi connectivity index (χ1v) is 5.23. The Kier molecular flexibility index (Phi) is 11.0. The number of nitriles is 2. The molecule has 0 heterocycles. The Morgan fingerprint density at radius 2 is 1.29 bits per heavy atom. The van der Waals surface area contributed by atoms with Crippen LogP contribution in [0.4, 0.5) is 0 Å². The summed E-state index contributed by atoms with van der Waals surface area (Å²) in [5, 5.41) is 16.5. The number of unbranched alkanes of at least 4 members (excludes halogenated alkanes) is 5. The molecule has 0 spiro atoms. The molecule has 0 saturated carbocycles. The van der Waals surface area contributed by atoms with Crippen LogP contribution in [0, 0.1) is 22.7 Å². The molecule has 0 atom stereocenters. The van der Waals surface area contributed by atoms with Crippen molar-refractivity contribution in [3.05, 3.63) is 0 Å². The molecule has 0 amide bonds. The average molecular weight is 194 g/mol. The monoisotopic (exact) mass is 194 g/mol. The Balaban J connectivity index is 2.86. The van der Waals surface area contributed by atoms with Crippen LogP contribution in [0.15, 0.2) is 0 Å². The van der Waals surface area contributed by atoms with E-state index in [-0.39, 0.29) is 0 Å². The molecule has 0 aliphatic heterocycles. The number of nitrogens with zero attached hydrogens (tertiary/aromatic N) is 2. The minimum absolute atomic E-state index is 0.585. The third-order valence-electron chi connectivity index (χ3n) is 1.90. The SMILES string of the molecule is N#CCCCCCCOCCCC#N. The molecular weight excluding hydrogens is 176 g/mol. The zero-order valence-corrected chi connectivity index (χ0v) is 8.67. The quantitative estimate of drug-likeness (QED) is 0.530. The Hall–Kier alpha value is -1.06. The number of ether oxygens (including phenoxy) is 1. The summed E-state index contributed by atoms with van der Waals surface area (Å²) in [5.74, 6) is 0. The topological polar surface area (TPSA) is 56.8 Å². The lowest BCUT2D eigenvalue weighted by atomic mass is 10.2. The first kappa shape index (κ1) is 12.9. The Morgan fingerprint density at radius 3 is 2.00 bits per heavy atom. The third-order valence-corrected chi connectivity index (χ3v) is 1.90. The van der Waals surface area contributed by atoms with E-state index in [0.717, 1.165) is 38.7 Å². The van der Waals surface area contributed by atoms with E-state index in [2.05, 4.69) is 12.1 Å². The van der Waals surface area contributed by atoms with Gasteiger partial charge in [0.05, 0.1) is 12.1 Å². The van der Waals surface area contributed by atoms with Crippen molar-refractivity contribution in [3.8, 4) is 12.1 Å². The van der Waals surface area contributed by atoms with Crippen molar-refractivity contribution < 1.29 is 4.74 Å². The van der Waals surface area contributed by atoms with E-state index < -0.39 is 0 Å². The van der Waals surface area contributed by atoms with Crippen LogP contribution in [0.3, 0.4) is 0 Å². The van der Waals surface area contributed by atoms with Gasteiger partial charge in [-0.2, -0.15) is 10.5 Å². The second kappa shape index (κ2) is 11.9. The van der Waals surface area contributed by atoms with E-state index in [1.807, 2.05) is 0 Å². The summed E-state index contributed by atoms with van der Waals surface area (Å²) in [5.41, 5.74) is 0. The highest BCUT2D eigenvalue weighted by Crippen LogP contribution is 2.02. The van der Waals surface area contributed by atoms with Crippen LogP contribution in [0.25, 0.3) is 0 Å². The van der Waals surface area contributed by atoms with Gasteiger partial charge in [0.15, 0.2) is 0 Å². The Bertz CT molecular complexity index is 168. The normalized spacial score (nSPS) is 9.29. The highest BCUT2D eigenvalue weighted by atomic mass is 16.5. The van der Waals surface area contributed by atoms with Crippen LogP contribution in [0.5, 0.6) is 0 Å². The van der Waals surface area contributed by atoms with Crippen molar-refractivity contribution in [2.45, 2.75) is 44.9 Å². The lowest BCUT2D eigenvalue weighted by molar-refractivity contribution is 0.128. The van der Waals surface area contributed by atoms with Gasteiger partial charge in [0.25, 0.3) is 0 Å². The fourth-order valence-electron chi connectivity index (χ4n) is 1.12. The van der Waals surface area contributed by atoms with Gasteiger partial charge in [0.2, 0.25) is 0 Å². The predicted molar refractivity (Wildman–Crippen MR) is 54.4 cm³/mol. The van der Waals surface area contributed by atoms with Gasteiger partial charge in [-0.1, -0.05) is 12.8 Å². The molecule has 0 aromatic rings. The molecule has 3 nitrogen and oxygen atoms in total.